The van der Waals surface area contributed by atoms with E-state index in [-0.39, 0.29) is 5.75 Å². The minimum absolute atomic E-state index is 0.0248. The molecule has 4 N–H and O–H groups in total. The molecule has 2 aromatic rings. The molecule has 2 heterocycles. The first-order valence-electron chi connectivity index (χ1n) is 9.20. The van der Waals surface area contributed by atoms with Crippen molar-refractivity contribution in [1.29, 1.82) is 0 Å². The van der Waals surface area contributed by atoms with Gasteiger partial charge in [-0.1, -0.05) is 0 Å². The molecule has 4 rings (SSSR count). The van der Waals surface area contributed by atoms with Crippen molar-refractivity contribution in [3.05, 3.63) is 40.3 Å². The fraction of sp³-hybridized carbons (Fsp3) is 0.368. The van der Waals surface area contributed by atoms with E-state index in [0.29, 0.717) is 48.7 Å². The lowest BCUT2D eigenvalue weighted by atomic mass is 9.90. The minimum atomic E-state index is -2.93. The van der Waals surface area contributed by atoms with Gasteiger partial charge in [-0.3, -0.25) is 10.1 Å². The molecule has 2 aliphatic rings. The average Bonchev–Trinajstić information content (AvgIpc) is 3.27. The van der Waals surface area contributed by atoms with Crippen LogP contribution in [0.1, 0.15) is 27.2 Å². The molecule has 0 atom stereocenters. The first-order valence-corrected chi connectivity index (χ1v) is 10.0. The Kier molecular flexibility index (Phi) is 5.58. The van der Waals surface area contributed by atoms with Crippen LogP contribution in [-0.4, -0.2) is 37.6 Å². The average molecular weight is 439 g/mol. The van der Waals surface area contributed by atoms with Crippen LogP contribution in [0.25, 0.3) is 0 Å². The van der Waals surface area contributed by atoms with Crippen molar-refractivity contribution in [2.45, 2.75) is 31.7 Å². The summed E-state index contributed by atoms with van der Waals surface area (Å²) in [4.78, 5) is 25.4. The summed E-state index contributed by atoms with van der Waals surface area (Å²) in [6, 6.07) is 4.86. The van der Waals surface area contributed by atoms with Crippen LogP contribution in [0, 0.1) is 0 Å². The summed E-state index contributed by atoms with van der Waals surface area (Å²) in [5, 5.41) is 5.58. The molecule has 1 aliphatic heterocycles. The van der Waals surface area contributed by atoms with Gasteiger partial charge in [0.25, 0.3) is 5.91 Å². The zero-order valence-electron chi connectivity index (χ0n) is 15.7. The van der Waals surface area contributed by atoms with Crippen LogP contribution in [0.4, 0.5) is 24.3 Å². The summed E-state index contributed by atoms with van der Waals surface area (Å²) < 4.78 is 40.2. The summed E-state index contributed by atoms with van der Waals surface area (Å²) in [6.45, 7) is -1.88. The van der Waals surface area contributed by atoms with Crippen molar-refractivity contribution in [1.82, 2.24) is 0 Å². The molecule has 30 heavy (non-hydrogen) atoms. The Morgan fingerprint density at radius 2 is 1.87 bits per heavy atom. The van der Waals surface area contributed by atoms with Crippen LogP contribution in [0.3, 0.4) is 0 Å². The molecule has 0 bridgehead atoms. The number of hydrogen-bond acceptors (Lipinski definition) is 6. The van der Waals surface area contributed by atoms with Crippen molar-refractivity contribution in [3.8, 4) is 5.75 Å². The number of rotatable bonds is 5. The molecule has 1 aromatic heterocycles. The highest BCUT2D eigenvalue weighted by Gasteiger charge is 2.42. The van der Waals surface area contributed by atoms with E-state index in [1.165, 1.54) is 35.6 Å². The number of carbonyl (C=O) groups excluding carboxylic acids is 2. The molecule has 1 aromatic carbocycles. The van der Waals surface area contributed by atoms with Crippen LogP contribution < -0.4 is 21.1 Å². The maximum atomic E-state index is 12.4. The molecule has 0 radical (unpaired) electrons. The number of ether oxygens (including phenoxy) is 3. The highest BCUT2D eigenvalue weighted by atomic mass is 32.1. The molecular weight excluding hydrogens is 420 g/mol. The van der Waals surface area contributed by atoms with Gasteiger partial charge in [0, 0.05) is 23.4 Å². The molecule has 1 spiro atoms. The third-order valence-corrected chi connectivity index (χ3v) is 6.05. The Bertz CT molecular complexity index is 958. The van der Waals surface area contributed by atoms with Gasteiger partial charge in [-0.05, 0) is 36.2 Å². The Morgan fingerprint density at radius 3 is 2.50 bits per heavy atom. The van der Waals surface area contributed by atoms with Crippen LogP contribution in [-0.2, 0) is 22.3 Å². The number of carbonyl (C=O) groups is 2. The van der Waals surface area contributed by atoms with Crippen LogP contribution in [0.2, 0.25) is 0 Å². The maximum absolute atomic E-state index is 12.4. The summed E-state index contributed by atoms with van der Waals surface area (Å²) in [5.41, 5.74) is 7.03. The number of urea groups is 1. The lowest BCUT2D eigenvalue weighted by Gasteiger charge is -2.31. The summed E-state index contributed by atoms with van der Waals surface area (Å²) in [7, 11) is 0. The standard InChI is InChI=1S/C19H19F2N3O5S/c20-17(21)29-11-3-1-10(2-4-11)23-18(26)24-16-14(15(22)25)12-5-6-19(9-13(12)30-16)27-7-8-28-19/h1-4,17H,5-9H2,(H2,22,25)(H2,23,24,26). The van der Waals surface area contributed by atoms with E-state index < -0.39 is 24.3 Å². The summed E-state index contributed by atoms with van der Waals surface area (Å²) >= 11 is 1.26. The van der Waals surface area contributed by atoms with E-state index >= 15 is 0 Å². The Balaban J connectivity index is 1.48. The number of nitrogens with one attached hydrogen (secondary N) is 2. The smallest absolute Gasteiger partial charge is 0.387 e. The molecule has 1 saturated heterocycles. The highest BCUT2D eigenvalue weighted by Crippen LogP contribution is 2.43. The van der Waals surface area contributed by atoms with Crippen LogP contribution in [0.5, 0.6) is 5.75 Å². The quantitative estimate of drug-likeness (QED) is 0.662. The number of nitrogens with two attached hydrogens (primary N) is 1. The highest BCUT2D eigenvalue weighted by molar-refractivity contribution is 7.17. The number of hydrogen-bond donors (Lipinski definition) is 3. The predicted molar refractivity (Wildman–Crippen MR) is 105 cm³/mol. The van der Waals surface area contributed by atoms with Gasteiger partial charge in [0.15, 0.2) is 5.79 Å². The normalized spacial score (nSPS) is 17.0. The zero-order valence-corrected chi connectivity index (χ0v) is 16.5. The number of halogens is 2. The second-order valence-corrected chi connectivity index (χ2v) is 7.94. The number of thiophene rings is 1. The Morgan fingerprint density at radius 1 is 1.17 bits per heavy atom. The van der Waals surface area contributed by atoms with Gasteiger partial charge >= 0.3 is 12.6 Å². The van der Waals surface area contributed by atoms with Crippen molar-refractivity contribution in [2.75, 3.05) is 23.8 Å². The van der Waals surface area contributed by atoms with Crippen molar-refractivity contribution >= 4 is 34.0 Å². The fourth-order valence-electron chi connectivity index (χ4n) is 3.65. The first kappa shape index (κ1) is 20.5. The number of benzene rings is 1. The van der Waals surface area contributed by atoms with E-state index in [0.717, 1.165) is 10.4 Å². The summed E-state index contributed by atoms with van der Waals surface area (Å²) in [6.07, 6.45) is 1.65. The van der Waals surface area contributed by atoms with Crippen LogP contribution in [0.15, 0.2) is 24.3 Å². The first-order chi connectivity index (χ1) is 14.3. The number of primary amides is 1. The van der Waals surface area contributed by atoms with E-state index in [4.69, 9.17) is 15.2 Å². The third-order valence-electron chi connectivity index (χ3n) is 4.90. The van der Waals surface area contributed by atoms with E-state index in [1.807, 2.05) is 0 Å². The Labute approximate surface area is 174 Å². The van der Waals surface area contributed by atoms with Gasteiger partial charge in [0.05, 0.1) is 18.8 Å². The number of amides is 3. The summed E-state index contributed by atoms with van der Waals surface area (Å²) in [5.74, 6) is -1.32. The Hall–Kier alpha value is -2.76. The number of anilines is 2. The largest absolute Gasteiger partial charge is 0.435 e. The van der Waals surface area contributed by atoms with Crippen molar-refractivity contribution in [3.63, 3.8) is 0 Å². The molecule has 3 amide bonds. The second kappa shape index (κ2) is 8.17. The van der Waals surface area contributed by atoms with E-state index in [1.54, 1.807) is 0 Å². The minimum Gasteiger partial charge on any atom is -0.435 e. The van der Waals surface area contributed by atoms with Gasteiger partial charge in [0.2, 0.25) is 0 Å². The van der Waals surface area contributed by atoms with E-state index in [9.17, 15) is 18.4 Å². The molecule has 11 heteroatoms. The fourth-order valence-corrected chi connectivity index (χ4v) is 4.98. The molecule has 0 saturated carbocycles. The maximum Gasteiger partial charge on any atom is 0.387 e. The molecule has 0 unspecified atom stereocenters. The molecule has 1 fully saturated rings. The molecule has 160 valence electrons. The van der Waals surface area contributed by atoms with Crippen molar-refractivity contribution in [2.24, 2.45) is 5.73 Å². The zero-order chi connectivity index (χ0) is 21.3. The molecule has 8 nitrogen and oxygen atoms in total. The van der Waals surface area contributed by atoms with Gasteiger partial charge in [-0.2, -0.15) is 8.78 Å². The molecule has 1 aliphatic carbocycles. The van der Waals surface area contributed by atoms with Gasteiger partial charge < -0.3 is 25.3 Å². The topological polar surface area (TPSA) is 112 Å². The van der Waals surface area contributed by atoms with Gasteiger partial charge in [0.1, 0.15) is 10.8 Å². The number of alkyl halides is 2. The lowest BCUT2D eigenvalue weighted by molar-refractivity contribution is -0.163. The molecular formula is C19H19F2N3O5S. The predicted octanol–water partition coefficient (Wildman–Crippen LogP) is 3.32. The van der Waals surface area contributed by atoms with Crippen molar-refractivity contribution < 1.29 is 32.6 Å². The third kappa shape index (κ3) is 4.23. The number of fused-ring (bicyclic) bond motifs is 1. The van der Waals surface area contributed by atoms with Gasteiger partial charge in [-0.15, -0.1) is 11.3 Å². The monoisotopic (exact) mass is 439 g/mol. The second-order valence-electron chi connectivity index (χ2n) is 6.84. The van der Waals surface area contributed by atoms with Crippen LogP contribution >= 0.6 is 11.3 Å². The SMILES string of the molecule is NC(=O)c1c(NC(=O)Nc2ccc(OC(F)F)cc2)sc2c1CCC1(C2)OCCO1. The van der Waals surface area contributed by atoms with E-state index in [2.05, 4.69) is 15.4 Å². The van der Waals surface area contributed by atoms with Gasteiger partial charge in [-0.25, -0.2) is 4.79 Å². The lowest BCUT2D eigenvalue weighted by Crippen LogP contribution is -2.36.